The van der Waals surface area contributed by atoms with Gasteiger partial charge in [0.2, 0.25) is 10.0 Å². The summed E-state index contributed by atoms with van der Waals surface area (Å²) in [6.45, 7) is 7.05. The van der Waals surface area contributed by atoms with Gasteiger partial charge >= 0.3 is 0 Å². The molecule has 2 aromatic rings. The van der Waals surface area contributed by atoms with Gasteiger partial charge in [0.15, 0.2) is 5.96 Å². The summed E-state index contributed by atoms with van der Waals surface area (Å²) in [4.78, 5) is 4.55. The van der Waals surface area contributed by atoms with E-state index in [1.165, 1.54) is 18.4 Å². The van der Waals surface area contributed by atoms with Crippen LogP contribution >= 0.6 is 0 Å². The highest BCUT2D eigenvalue weighted by Crippen LogP contribution is 2.22. The zero-order valence-corrected chi connectivity index (χ0v) is 20.1. The predicted octanol–water partition coefficient (Wildman–Crippen LogP) is 3.29. The molecule has 0 radical (unpaired) electrons. The molecule has 0 saturated carbocycles. The van der Waals surface area contributed by atoms with Crippen molar-refractivity contribution in [3.8, 4) is 5.75 Å². The van der Waals surface area contributed by atoms with Gasteiger partial charge in [0, 0.05) is 39.8 Å². The molecule has 0 aliphatic carbocycles. The molecular formula is C23H34N4O3S. The molecule has 8 heteroatoms. The summed E-state index contributed by atoms with van der Waals surface area (Å²) < 4.78 is 32.5. The van der Waals surface area contributed by atoms with E-state index in [4.69, 9.17) is 4.74 Å². The second kappa shape index (κ2) is 11.2. The van der Waals surface area contributed by atoms with Crippen LogP contribution in [-0.4, -0.2) is 45.9 Å². The summed E-state index contributed by atoms with van der Waals surface area (Å²) >= 11 is 0. The molecule has 0 saturated heterocycles. The Morgan fingerprint density at radius 3 is 2.35 bits per heavy atom. The fraction of sp³-hybridized carbons (Fsp3) is 0.435. The van der Waals surface area contributed by atoms with E-state index in [0.717, 1.165) is 23.3 Å². The summed E-state index contributed by atoms with van der Waals surface area (Å²) in [7, 11) is 1.22. The molecule has 7 nitrogen and oxygen atoms in total. The summed E-state index contributed by atoms with van der Waals surface area (Å²) in [5, 5.41) is 6.49. The number of guanidine groups is 1. The van der Waals surface area contributed by atoms with Crippen LogP contribution in [-0.2, 0) is 23.1 Å². The highest BCUT2D eigenvalue weighted by molar-refractivity contribution is 7.89. The molecule has 0 spiro atoms. The van der Waals surface area contributed by atoms with Crippen LogP contribution < -0.4 is 15.4 Å². The predicted molar refractivity (Wildman–Crippen MR) is 126 cm³/mol. The van der Waals surface area contributed by atoms with Crippen LogP contribution in [0, 0.1) is 6.92 Å². The first-order valence-electron chi connectivity index (χ1n) is 10.4. The van der Waals surface area contributed by atoms with Gasteiger partial charge in [0.1, 0.15) is 5.75 Å². The average Bonchev–Trinajstić information content (AvgIpc) is 2.75. The highest BCUT2D eigenvalue weighted by Gasteiger charge is 2.20. The largest absolute Gasteiger partial charge is 0.490 e. The molecule has 0 amide bonds. The molecule has 0 bridgehead atoms. The van der Waals surface area contributed by atoms with Crippen molar-refractivity contribution in [3.05, 3.63) is 59.2 Å². The van der Waals surface area contributed by atoms with Crippen LogP contribution in [0.2, 0.25) is 0 Å². The van der Waals surface area contributed by atoms with Gasteiger partial charge < -0.3 is 15.4 Å². The lowest BCUT2D eigenvalue weighted by molar-refractivity contribution is 0.215. The van der Waals surface area contributed by atoms with E-state index in [9.17, 15) is 8.42 Å². The van der Waals surface area contributed by atoms with E-state index in [2.05, 4.69) is 35.5 Å². The van der Waals surface area contributed by atoms with Crippen LogP contribution in [0.4, 0.5) is 0 Å². The molecule has 170 valence electrons. The standard InChI is InChI=1S/C23H34N4O3S/c1-7-18(3)30-21-14-17(2)12-13-19(21)15-25-23(24-4)26-16-20-10-8-9-11-22(20)31(28,29)27(5)6/h8-14,18H,7,15-16H2,1-6H3,(H2,24,25,26). The molecule has 2 rings (SSSR count). The van der Waals surface area contributed by atoms with Crippen molar-refractivity contribution in [3.63, 3.8) is 0 Å². The maximum atomic E-state index is 12.6. The normalized spacial score (nSPS) is 13.2. The molecule has 0 fully saturated rings. The first-order valence-corrected chi connectivity index (χ1v) is 11.8. The number of aliphatic imine (C=N–C) groups is 1. The fourth-order valence-electron chi connectivity index (χ4n) is 2.89. The number of hydrogen-bond acceptors (Lipinski definition) is 4. The van der Waals surface area contributed by atoms with E-state index in [1.807, 2.05) is 25.1 Å². The number of rotatable bonds is 9. The van der Waals surface area contributed by atoms with E-state index >= 15 is 0 Å². The van der Waals surface area contributed by atoms with Gasteiger partial charge in [0.25, 0.3) is 0 Å². The molecule has 0 aromatic heterocycles. The molecule has 2 N–H and O–H groups in total. The fourth-order valence-corrected chi connectivity index (χ4v) is 4.01. The van der Waals surface area contributed by atoms with Crippen LogP contribution in [0.15, 0.2) is 52.4 Å². The van der Waals surface area contributed by atoms with Crippen molar-refractivity contribution < 1.29 is 13.2 Å². The van der Waals surface area contributed by atoms with Crippen molar-refractivity contribution >= 4 is 16.0 Å². The van der Waals surface area contributed by atoms with Crippen molar-refractivity contribution in [1.82, 2.24) is 14.9 Å². The van der Waals surface area contributed by atoms with E-state index < -0.39 is 10.0 Å². The number of nitrogens with one attached hydrogen (secondary N) is 2. The zero-order chi connectivity index (χ0) is 23.0. The number of aryl methyl sites for hydroxylation is 1. The van der Waals surface area contributed by atoms with Crippen LogP contribution in [0.25, 0.3) is 0 Å². The van der Waals surface area contributed by atoms with E-state index in [1.54, 1.807) is 25.2 Å². The lowest BCUT2D eigenvalue weighted by Crippen LogP contribution is -2.37. The Balaban J connectivity index is 2.09. The van der Waals surface area contributed by atoms with Crippen LogP contribution in [0.1, 0.15) is 37.0 Å². The molecule has 2 aromatic carbocycles. The Bertz CT molecular complexity index is 1000. The Morgan fingerprint density at radius 2 is 1.74 bits per heavy atom. The number of hydrogen-bond donors (Lipinski definition) is 2. The number of sulfonamides is 1. The Labute approximate surface area is 186 Å². The van der Waals surface area contributed by atoms with Crippen LogP contribution in [0.3, 0.4) is 0 Å². The third-order valence-corrected chi connectivity index (χ3v) is 6.89. The van der Waals surface area contributed by atoms with Gasteiger partial charge in [-0.1, -0.05) is 37.3 Å². The van der Waals surface area contributed by atoms with Crippen LogP contribution in [0.5, 0.6) is 5.75 Å². The maximum absolute atomic E-state index is 12.6. The summed E-state index contributed by atoms with van der Waals surface area (Å²) in [5.41, 5.74) is 2.85. The minimum atomic E-state index is -3.52. The van der Waals surface area contributed by atoms with Gasteiger partial charge in [-0.05, 0) is 43.5 Å². The third-order valence-electron chi connectivity index (χ3n) is 4.97. The number of nitrogens with zero attached hydrogens (tertiary/aromatic N) is 2. The topological polar surface area (TPSA) is 83.0 Å². The van der Waals surface area contributed by atoms with Gasteiger partial charge in [-0.25, -0.2) is 12.7 Å². The first kappa shape index (κ1) is 24.7. The number of ether oxygens (including phenoxy) is 1. The summed E-state index contributed by atoms with van der Waals surface area (Å²) in [6.07, 6.45) is 1.06. The minimum absolute atomic E-state index is 0.133. The lowest BCUT2D eigenvalue weighted by Gasteiger charge is -2.19. The Hall–Kier alpha value is -2.58. The Kier molecular flexibility index (Phi) is 8.88. The monoisotopic (exact) mass is 446 g/mol. The summed E-state index contributed by atoms with van der Waals surface area (Å²) in [6, 6.07) is 13.1. The summed E-state index contributed by atoms with van der Waals surface area (Å²) in [5.74, 6) is 1.44. The van der Waals surface area contributed by atoms with Crippen molar-refractivity contribution in [2.75, 3.05) is 21.1 Å². The zero-order valence-electron chi connectivity index (χ0n) is 19.3. The second-order valence-corrected chi connectivity index (χ2v) is 9.74. The molecule has 0 heterocycles. The maximum Gasteiger partial charge on any atom is 0.242 e. The molecule has 31 heavy (non-hydrogen) atoms. The average molecular weight is 447 g/mol. The third kappa shape index (κ3) is 6.70. The van der Waals surface area contributed by atoms with E-state index in [0.29, 0.717) is 24.6 Å². The van der Waals surface area contributed by atoms with Gasteiger partial charge in [0.05, 0.1) is 11.0 Å². The molecular weight excluding hydrogens is 412 g/mol. The molecule has 1 atom stereocenters. The first-order chi connectivity index (χ1) is 14.7. The van der Waals surface area contributed by atoms with Gasteiger partial charge in [-0.3, -0.25) is 4.99 Å². The van der Waals surface area contributed by atoms with Gasteiger partial charge in [-0.15, -0.1) is 0 Å². The van der Waals surface area contributed by atoms with Crippen molar-refractivity contribution in [1.29, 1.82) is 0 Å². The SMILES string of the molecule is CCC(C)Oc1cc(C)ccc1CNC(=NC)NCc1ccccc1S(=O)(=O)N(C)C. The molecule has 0 aliphatic heterocycles. The minimum Gasteiger partial charge on any atom is -0.490 e. The quantitative estimate of drug-likeness (QED) is 0.456. The van der Waals surface area contributed by atoms with E-state index in [-0.39, 0.29) is 11.0 Å². The lowest BCUT2D eigenvalue weighted by atomic mass is 10.1. The molecule has 1 unspecified atom stereocenters. The van der Waals surface area contributed by atoms with Gasteiger partial charge in [-0.2, -0.15) is 0 Å². The van der Waals surface area contributed by atoms with Crippen molar-refractivity contribution in [2.24, 2.45) is 4.99 Å². The Morgan fingerprint density at radius 1 is 1.10 bits per heavy atom. The van der Waals surface area contributed by atoms with Crippen molar-refractivity contribution in [2.45, 2.75) is 51.3 Å². The smallest absolute Gasteiger partial charge is 0.242 e. The highest BCUT2D eigenvalue weighted by atomic mass is 32.2. The second-order valence-electron chi connectivity index (χ2n) is 7.62. The number of benzene rings is 2. The molecule has 0 aliphatic rings.